The van der Waals surface area contributed by atoms with Crippen LogP contribution in [0.4, 0.5) is 0 Å². The molecule has 37 heavy (non-hydrogen) atoms. The maximum absolute atomic E-state index is 13.6. The number of amides is 1. The number of hydrogen-bond acceptors (Lipinski definition) is 5. The van der Waals surface area contributed by atoms with Gasteiger partial charge in [0.2, 0.25) is 5.91 Å². The first-order chi connectivity index (χ1) is 17.9. The van der Waals surface area contributed by atoms with Crippen LogP contribution in [0.2, 0.25) is 0 Å². The van der Waals surface area contributed by atoms with Crippen molar-refractivity contribution in [1.29, 1.82) is 0 Å². The van der Waals surface area contributed by atoms with E-state index in [2.05, 4.69) is 10.4 Å². The summed E-state index contributed by atoms with van der Waals surface area (Å²) in [4.78, 5) is 26.4. The summed E-state index contributed by atoms with van der Waals surface area (Å²) in [5.41, 5.74) is 2.42. The summed E-state index contributed by atoms with van der Waals surface area (Å²) in [5, 5.41) is 12.4. The van der Waals surface area contributed by atoms with Crippen LogP contribution in [0.25, 0.3) is 22.4 Å². The molecule has 0 aliphatic heterocycles. The van der Waals surface area contributed by atoms with Gasteiger partial charge in [-0.1, -0.05) is 30.3 Å². The normalized spacial score (nSPS) is 11.2. The molecule has 9 heteroatoms. The first-order valence-electron chi connectivity index (χ1n) is 12.1. The molecule has 0 aliphatic rings. The second-order valence-corrected chi connectivity index (χ2v) is 9.02. The number of benzene rings is 2. The Morgan fingerprint density at radius 1 is 0.973 bits per heavy atom. The highest BCUT2D eigenvalue weighted by Gasteiger charge is 2.22. The zero-order valence-corrected chi connectivity index (χ0v) is 21.0. The summed E-state index contributed by atoms with van der Waals surface area (Å²) < 4.78 is 10.4. The van der Waals surface area contributed by atoms with Crippen LogP contribution in [-0.4, -0.2) is 36.1 Å². The molecule has 2 aromatic carbocycles. The largest absolute Gasteiger partial charge is 0.491 e. The highest BCUT2D eigenvalue weighted by atomic mass is 16.5. The molecular weight excluding hydrogens is 468 g/mol. The van der Waals surface area contributed by atoms with E-state index < -0.39 is 0 Å². The smallest absolute Gasteiger partial charge is 0.280 e. The third-order valence-corrected chi connectivity index (χ3v) is 5.85. The molecule has 0 aliphatic carbocycles. The third-order valence-electron chi connectivity index (χ3n) is 5.85. The van der Waals surface area contributed by atoms with Crippen LogP contribution in [0.15, 0.2) is 83.9 Å². The molecule has 0 unspecified atom stereocenters. The van der Waals surface area contributed by atoms with Crippen molar-refractivity contribution in [3.8, 4) is 17.3 Å². The van der Waals surface area contributed by atoms with Gasteiger partial charge in [0.15, 0.2) is 5.82 Å². The van der Waals surface area contributed by atoms with Gasteiger partial charge < -0.3 is 14.6 Å². The minimum absolute atomic E-state index is 0.0926. The number of ether oxygens (including phenoxy) is 1. The van der Waals surface area contributed by atoms with Gasteiger partial charge >= 0.3 is 0 Å². The fourth-order valence-corrected chi connectivity index (χ4v) is 4.18. The number of nitrogens with zero attached hydrogens (tertiary/aromatic N) is 5. The van der Waals surface area contributed by atoms with Gasteiger partial charge in [-0.15, -0.1) is 0 Å². The topological polar surface area (TPSA) is 96.0 Å². The molecule has 0 radical (unpaired) electrons. The Morgan fingerprint density at radius 3 is 2.35 bits per heavy atom. The maximum atomic E-state index is 13.6. The van der Waals surface area contributed by atoms with Crippen LogP contribution in [0.1, 0.15) is 25.1 Å². The minimum Gasteiger partial charge on any atom is -0.491 e. The second kappa shape index (κ2) is 10.1. The summed E-state index contributed by atoms with van der Waals surface area (Å²) >= 11 is 0. The molecule has 0 bridgehead atoms. The lowest BCUT2D eigenvalue weighted by molar-refractivity contribution is -0.122. The number of hydrogen-bond donors (Lipinski definition) is 1. The Labute approximate surface area is 213 Å². The van der Waals surface area contributed by atoms with Crippen LogP contribution in [-0.2, 0) is 17.9 Å². The first-order valence-corrected chi connectivity index (χ1v) is 12.1. The zero-order valence-electron chi connectivity index (χ0n) is 21.0. The van der Waals surface area contributed by atoms with E-state index in [0.29, 0.717) is 29.0 Å². The monoisotopic (exact) mass is 496 g/mol. The molecule has 0 saturated heterocycles. The minimum atomic E-state index is -0.378. The van der Waals surface area contributed by atoms with Gasteiger partial charge in [-0.05, 0) is 62.7 Å². The molecule has 188 valence electrons. The van der Waals surface area contributed by atoms with Crippen LogP contribution in [0.5, 0.6) is 5.75 Å². The van der Waals surface area contributed by atoms with E-state index in [1.807, 2.05) is 97.5 Å². The Bertz CT molecular complexity index is 1580. The van der Waals surface area contributed by atoms with Gasteiger partial charge in [-0.2, -0.15) is 10.2 Å². The molecule has 3 heterocycles. The number of carbonyl (C=O) groups is 1. The zero-order chi connectivity index (χ0) is 25.9. The number of para-hydroxylation sites is 1. The van der Waals surface area contributed by atoms with Crippen molar-refractivity contribution in [3.05, 3.63) is 101 Å². The molecule has 5 rings (SSSR count). The van der Waals surface area contributed by atoms with Gasteiger partial charge in [0, 0.05) is 18.9 Å². The van der Waals surface area contributed by atoms with Gasteiger partial charge in [-0.3, -0.25) is 9.59 Å². The van der Waals surface area contributed by atoms with Crippen molar-refractivity contribution in [3.63, 3.8) is 0 Å². The van der Waals surface area contributed by atoms with E-state index in [1.165, 1.54) is 4.68 Å². The molecule has 1 amide bonds. The number of aryl methyl sites for hydroxylation is 1. The molecule has 5 aromatic rings. The van der Waals surface area contributed by atoms with Crippen molar-refractivity contribution in [1.82, 2.24) is 29.4 Å². The SMILES string of the molecule is Cc1nn(CC(=O)NCc2ccc(OC(C)C)cc2)c(=O)c2c(-n3cccc3)n(-c3ccccc3)nc12. The van der Waals surface area contributed by atoms with E-state index in [1.54, 1.807) is 11.6 Å². The number of aromatic nitrogens is 5. The summed E-state index contributed by atoms with van der Waals surface area (Å²) in [7, 11) is 0. The van der Waals surface area contributed by atoms with E-state index in [0.717, 1.165) is 17.0 Å². The summed E-state index contributed by atoms with van der Waals surface area (Å²) in [5.74, 6) is 1.06. The Balaban J connectivity index is 1.44. The Morgan fingerprint density at radius 2 is 1.68 bits per heavy atom. The number of fused-ring (bicyclic) bond motifs is 1. The highest BCUT2D eigenvalue weighted by Crippen LogP contribution is 2.24. The van der Waals surface area contributed by atoms with Crippen molar-refractivity contribution in [2.45, 2.75) is 40.0 Å². The van der Waals surface area contributed by atoms with Crippen molar-refractivity contribution in [2.24, 2.45) is 0 Å². The molecule has 9 nitrogen and oxygen atoms in total. The van der Waals surface area contributed by atoms with Gasteiger partial charge in [0.25, 0.3) is 5.56 Å². The fourth-order valence-electron chi connectivity index (χ4n) is 4.18. The molecular formula is C28H28N6O3. The second-order valence-electron chi connectivity index (χ2n) is 9.02. The number of rotatable bonds is 8. The first kappa shape index (κ1) is 24.1. The van der Waals surface area contributed by atoms with Gasteiger partial charge in [-0.25, -0.2) is 9.36 Å². The van der Waals surface area contributed by atoms with Crippen molar-refractivity contribution in [2.75, 3.05) is 0 Å². The number of nitrogens with one attached hydrogen (secondary N) is 1. The number of carbonyl (C=O) groups excluding carboxylic acids is 1. The van der Waals surface area contributed by atoms with Crippen LogP contribution in [0.3, 0.4) is 0 Å². The summed E-state index contributed by atoms with van der Waals surface area (Å²) in [6, 6.07) is 20.9. The van der Waals surface area contributed by atoms with Crippen LogP contribution in [0, 0.1) is 6.92 Å². The molecule has 3 aromatic heterocycles. The molecule has 0 atom stereocenters. The molecule has 0 spiro atoms. The average molecular weight is 497 g/mol. The van der Waals surface area contributed by atoms with E-state index in [4.69, 9.17) is 9.84 Å². The van der Waals surface area contributed by atoms with Crippen molar-refractivity contribution >= 4 is 16.8 Å². The summed E-state index contributed by atoms with van der Waals surface area (Å²) in [6.07, 6.45) is 3.81. The third kappa shape index (κ3) is 5.02. The fraction of sp³-hybridized carbons (Fsp3) is 0.214. The average Bonchev–Trinajstić information content (AvgIpc) is 3.55. The Kier molecular flexibility index (Phi) is 6.59. The predicted molar refractivity (Wildman–Crippen MR) is 141 cm³/mol. The quantitative estimate of drug-likeness (QED) is 0.353. The van der Waals surface area contributed by atoms with E-state index >= 15 is 0 Å². The van der Waals surface area contributed by atoms with Gasteiger partial charge in [0.1, 0.15) is 23.2 Å². The molecule has 0 saturated carbocycles. The Hall–Kier alpha value is -4.66. The highest BCUT2D eigenvalue weighted by molar-refractivity contribution is 5.88. The standard InChI is InChI=1S/C28H28N6O3/c1-19(2)37-23-13-11-21(12-14-23)17-29-24(35)18-33-28(36)25-26(20(3)30-33)31-34(22-9-5-4-6-10-22)27(25)32-15-7-8-16-32/h4-16,19H,17-18H2,1-3H3,(H,29,35). The van der Waals surface area contributed by atoms with Crippen LogP contribution >= 0.6 is 0 Å². The van der Waals surface area contributed by atoms with Crippen LogP contribution < -0.4 is 15.6 Å². The molecule has 1 N–H and O–H groups in total. The lowest BCUT2D eigenvalue weighted by Gasteiger charge is -2.11. The summed E-state index contributed by atoms with van der Waals surface area (Å²) in [6.45, 7) is 5.86. The lowest BCUT2D eigenvalue weighted by Crippen LogP contribution is -2.34. The van der Waals surface area contributed by atoms with E-state index in [9.17, 15) is 9.59 Å². The predicted octanol–water partition coefficient (Wildman–Crippen LogP) is 3.78. The maximum Gasteiger partial charge on any atom is 0.280 e. The van der Waals surface area contributed by atoms with E-state index in [-0.39, 0.29) is 24.1 Å². The molecule has 0 fully saturated rings. The van der Waals surface area contributed by atoms with Crippen molar-refractivity contribution < 1.29 is 9.53 Å². The lowest BCUT2D eigenvalue weighted by atomic mass is 10.2. The van der Waals surface area contributed by atoms with Gasteiger partial charge in [0.05, 0.1) is 17.5 Å².